The largest absolute Gasteiger partial charge is 0.573 e. The number of alkyl halides is 3. The van der Waals surface area contributed by atoms with Gasteiger partial charge in [0.05, 0.1) is 5.39 Å². The van der Waals surface area contributed by atoms with Crippen LogP contribution in [0.25, 0.3) is 11.0 Å². The summed E-state index contributed by atoms with van der Waals surface area (Å²) < 4.78 is 43.4. The summed E-state index contributed by atoms with van der Waals surface area (Å²) in [5.74, 6) is -0.0572. The van der Waals surface area contributed by atoms with Gasteiger partial charge in [-0.2, -0.15) is 4.98 Å². The van der Waals surface area contributed by atoms with Gasteiger partial charge in [0.15, 0.2) is 0 Å². The first-order chi connectivity index (χ1) is 12.8. The van der Waals surface area contributed by atoms with Crippen molar-refractivity contribution >= 4 is 34.2 Å². The minimum absolute atomic E-state index is 0.0824. The molecule has 9 heteroatoms. The molecule has 2 aromatic heterocycles. The molecule has 1 aliphatic rings. The molecule has 0 saturated heterocycles. The quantitative estimate of drug-likeness (QED) is 0.380. The van der Waals surface area contributed by atoms with E-state index in [0.29, 0.717) is 10.8 Å². The Bertz CT molecular complexity index is 990. The lowest BCUT2D eigenvalue weighted by atomic mass is 9.97. The van der Waals surface area contributed by atoms with Crippen LogP contribution in [0.3, 0.4) is 0 Å². The van der Waals surface area contributed by atoms with E-state index in [1.165, 1.54) is 12.1 Å². The highest BCUT2D eigenvalue weighted by Crippen LogP contribution is 2.43. The van der Waals surface area contributed by atoms with E-state index in [1.54, 1.807) is 6.07 Å². The number of rotatable bonds is 3. The molecule has 4 rings (SSSR count). The fourth-order valence-corrected chi connectivity index (χ4v) is 4.18. The third-order valence-corrected chi connectivity index (χ3v) is 5.32. The van der Waals surface area contributed by atoms with E-state index in [2.05, 4.69) is 14.7 Å². The van der Waals surface area contributed by atoms with Crippen LogP contribution in [0.1, 0.15) is 36.8 Å². The lowest BCUT2D eigenvalue weighted by molar-refractivity contribution is -0.274. The molecule has 0 bridgehead atoms. The molecule has 4 nitrogen and oxygen atoms in total. The van der Waals surface area contributed by atoms with Crippen LogP contribution < -0.4 is 4.74 Å². The van der Waals surface area contributed by atoms with Gasteiger partial charge in [0, 0.05) is 12.2 Å². The van der Waals surface area contributed by atoms with Crippen molar-refractivity contribution in [2.75, 3.05) is 0 Å². The second kappa shape index (κ2) is 6.87. The third-order valence-electron chi connectivity index (χ3n) is 4.86. The van der Waals surface area contributed by atoms with Gasteiger partial charge >= 0.3 is 6.36 Å². The molecule has 2 heterocycles. The minimum Gasteiger partial charge on any atom is -0.406 e. The number of aromatic nitrogens is 3. The van der Waals surface area contributed by atoms with Crippen molar-refractivity contribution in [3.8, 4) is 5.75 Å². The molecule has 1 aliphatic carbocycles. The highest BCUT2D eigenvalue weighted by Gasteiger charge is 2.32. The van der Waals surface area contributed by atoms with Crippen molar-refractivity contribution < 1.29 is 17.9 Å². The molecular formula is C18H14Cl2F3N3O. The number of nitrogens with zero attached hydrogens (tertiary/aromatic N) is 3. The second-order valence-electron chi connectivity index (χ2n) is 6.53. The number of hydrogen-bond donors (Lipinski definition) is 0. The first kappa shape index (κ1) is 18.4. The van der Waals surface area contributed by atoms with Crippen molar-refractivity contribution in [2.24, 2.45) is 0 Å². The molecular weight excluding hydrogens is 402 g/mol. The molecule has 0 spiro atoms. The van der Waals surface area contributed by atoms with Crippen LogP contribution in [0.5, 0.6) is 5.75 Å². The summed E-state index contributed by atoms with van der Waals surface area (Å²) in [6.45, 7) is 0. The van der Waals surface area contributed by atoms with Crippen molar-refractivity contribution in [3.63, 3.8) is 0 Å². The molecule has 27 heavy (non-hydrogen) atoms. The predicted octanol–water partition coefficient (Wildman–Crippen LogP) is 6.15. The van der Waals surface area contributed by atoms with Gasteiger partial charge in [-0.15, -0.1) is 13.2 Å². The number of ether oxygens (including phenoxy) is 1. The lowest BCUT2D eigenvalue weighted by Crippen LogP contribution is -2.17. The van der Waals surface area contributed by atoms with Crippen molar-refractivity contribution in [1.29, 1.82) is 0 Å². The van der Waals surface area contributed by atoms with Gasteiger partial charge in [-0.05, 0) is 60.5 Å². The number of benzene rings is 1. The minimum atomic E-state index is -4.70. The van der Waals surface area contributed by atoms with Gasteiger partial charge in [0.2, 0.25) is 5.28 Å². The summed E-state index contributed by atoms with van der Waals surface area (Å²) in [5.41, 5.74) is 1.50. The second-order valence-corrected chi connectivity index (χ2v) is 7.22. The Morgan fingerprint density at radius 2 is 1.93 bits per heavy atom. The Labute approximate surface area is 162 Å². The standard InChI is InChI=1S/C18H14Cl2F3N3O/c19-15-14-6-7-26(16(14)25-17(20)24-15)12-5-4-11(8-12)10-2-1-3-13(9-10)27-18(21,22)23/h1-3,6-7,9,11-12H,4-5,8H2. The summed E-state index contributed by atoms with van der Waals surface area (Å²) in [6, 6.07) is 8.19. The lowest BCUT2D eigenvalue weighted by Gasteiger charge is -2.16. The Kier molecular flexibility index (Phi) is 4.68. The maximum atomic E-state index is 12.5. The van der Waals surface area contributed by atoms with Crippen LogP contribution in [0.4, 0.5) is 13.2 Å². The van der Waals surface area contributed by atoms with Gasteiger partial charge < -0.3 is 9.30 Å². The molecule has 2 atom stereocenters. The molecule has 0 radical (unpaired) electrons. The van der Waals surface area contributed by atoms with Crippen molar-refractivity contribution in [2.45, 2.75) is 37.6 Å². The maximum Gasteiger partial charge on any atom is 0.573 e. The average Bonchev–Trinajstić information content (AvgIpc) is 3.20. The molecule has 3 aromatic rings. The normalized spacial score (nSPS) is 20.3. The molecule has 1 fully saturated rings. The molecule has 1 aromatic carbocycles. The Balaban J connectivity index is 1.57. The first-order valence-corrected chi connectivity index (χ1v) is 9.11. The SMILES string of the molecule is FC(F)(F)Oc1cccc(C2CCC(n3ccc4c(Cl)nc(Cl)nc43)C2)c1. The first-order valence-electron chi connectivity index (χ1n) is 8.35. The van der Waals surface area contributed by atoms with E-state index in [4.69, 9.17) is 23.2 Å². The Morgan fingerprint density at radius 3 is 2.70 bits per heavy atom. The highest BCUT2D eigenvalue weighted by molar-refractivity contribution is 6.35. The predicted molar refractivity (Wildman–Crippen MR) is 96.3 cm³/mol. The van der Waals surface area contributed by atoms with E-state index in [1.807, 2.05) is 22.9 Å². The zero-order valence-corrected chi connectivity index (χ0v) is 15.4. The molecule has 142 valence electrons. The van der Waals surface area contributed by atoms with E-state index in [-0.39, 0.29) is 23.0 Å². The van der Waals surface area contributed by atoms with Crippen LogP contribution in [-0.2, 0) is 0 Å². The van der Waals surface area contributed by atoms with Gasteiger partial charge in [0.1, 0.15) is 16.5 Å². The summed E-state index contributed by atoms with van der Waals surface area (Å²) >= 11 is 12.1. The third kappa shape index (κ3) is 3.84. The van der Waals surface area contributed by atoms with E-state index < -0.39 is 6.36 Å². The maximum absolute atomic E-state index is 12.5. The van der Waals surface area contributed by atoms with Gasteiger partial charge in [-0.25, -0.2) is 4.98 Å². The van der Waals surface area contributed by atoms with Crippen molar-refractivity contribution in [3.05, 3.63) is 52.5 Å². The summed E-state index contributed by atoms with van der Waals surface area (Å²) in [5, 5.41) is 1.11. The van der Waals surface area contributed by atoms with Gasteiger partial charge in [-0.3, -0.25) is 0 Å². The van der Waals surface area contributed by atoms with Crippen LogP contribution in [0.15, 0.2) is 36.5 Å². The molecule has 2 unspecified atom stereocenters. The summed E-state index contributed by atoms with van der Waals surface area (Å²) in [4.78, 5) is 8.22. The van der Waals surface area contributed by atoms with Crippen LogP contribution in [0.2, 0.25) is 10.4 Å². The zero-order valence-electron chi connectivity index (χ0n) is 13.9. The van der Waals surface area contributed by atoms with Crippen LogP contribution >= 0.6 is 23.2 Å². The topological polar surface area (TPSA) is 39.9 Å². The smallest absolute Gasteiger partial charge is 0.406 e. The number of hydrogen-bond acceptors (Lipinski definition) is 3. The van der Waals surface area contributed by atoms with Crippen LogP contribution in [0, 0.1) is 0 Å². The molecule has 0 amide bonds. The highest BCUT2D eigenvalue weighted by atomic mass is 35.5. The van der Waals surface area contributed by atoms with E-state index in [9.17, 15) is 13.2 Å². The summed E-state index contributed by atoms with van der Waals surface area (Å²) in [7, 11) is 0. The molecule has 1 saturated carbocycles. The van der Waals surface area contributed by atoms with E-state index in [0.717, 1.165) is 30.2 Å². The summed E-state index contributed by atoms with van der Waals surface area (Å²) in [6.07, 6.45) is -0.292. The van der Waals surface area contributed by atoms with Gasteiger partial charge in [-0.1, -0.05) is 23.7 Å². The fraction of sp³-hybridized carbons (Fsp3) is 0.333. The Hall–Kier alpha value is -1.99. The fourth-order valence-electron chi connectivity index (χ4n) is 3.75. The average molecular weight is 416 g/mol. The van der Waals surface area contributed by atoms with Gasteiger partial charge in [0.25, 0.3) is 0 Å². The van der Waals surface area contributed by atoms with E-state index >= 15 is 0 Å². The number of fused-ring (bicyclic) bond motifs is 1. The Morgan fingerprint density at radius 1 is 1.11 bits per heavy atom. The number of halogens is 5. The van der Waals surface area contributed by atoms with Crippen molar-refractivity contribution in [1.82, 2.24) is 14.5 Å². The van der Waals surface area contributed by atoms with Crippen LogP contribution in [-0.4, -0.2) is 20.9 Å². The molecule has 0 N–H and O–H groups in total. The monoisotopic (exact) mass is 415 g/mol. The zero-order chi connectivity index (χ0) is 19.2. The molecule has 0 aliphatic heterocycles.